The zero-order valence-electron chi connectivity index (χ0n) is 34.2. The van der Waals surface area contributed by atoms with Crippen molar-refractivity contribution >= 4 is 0 Å². The molecular formula is C47H84N2. The maximum absolute atomic E-state index is 6.80. The van der Waals surface area contributed by atoms with E-state index < -0.39 is 0 Å². The third-order valence-corrected chi connectivity index (χ3v) is 16.7. The van der Waals surface area contributed by atoms with Gasteiger partial charge in [0.1, 0.15) is 0 Å². The number of rotatable bonds is 17. The van der Waals surface area contributed by atoms with Gasteiger partial charge in [0.2, 0.25) is 0 Å². The predicted octanol–water partition coefficient (Wildman–Crippen LogP) is 13.3. The fourth-order valence-corrected chi connectivity index (χ4v) is 13.6. The third kappa shape index (κ3) is 9.07. The monoisotopic (exact) mass is 677 g/mol. The summed E-state index contributed by atoms with van der Waals surface area (Å²) in [5.74, 6) is 8.76. The van der Waals surface area contributed by atoms with Crippen molar-refractivity contribution in [2.45, 2.75) is 196 Å². The Hall–Kier alpha value is -0.760. The van der Waals surface area contributed by atoms with Crippen LogP contribution in [0.25, 0.3) is 0 Å². The van der Waals surface area contributed by atoms with Gasteiger partial charge in [0.05, 0.1) is 0 Å². The van der Waals surface area contributed by atoms with Crippen LogP contribution in [0.2, 0.25) is 0 Å². The standard InChI is InChI=1S/C47H84N2/c1-10-38-31-40(47(9,48)32-35(38)5)19-14-12-11-13-15-28-49-36(6)29-37-24-26-45(7)39(30-37)20-21-41-43-23-22-42(34(4)18-16-17-33(2)3)46(43,8)27-25-44(41)45/h20,33-35,37-38,40-44,49H,6,10-19,21-32,48H2,1-5,7-9H3. The molecule has 0 aromatic carbocycles. The summed E-state index contributed by atoms with van der Waals surface area (Å²) in [7, 11) is 0. The number of hydrogen-bond donors (Lipinski definition) is 2. The van der Waals surface area contributed by atoms with E-state index in [0.29, 0.717) is 10.8 Å². The van der Waals surface area contributed by atoms with E-state index in [1.165, 1.54) is 141 Å². The highest BCUT2D eigenvalue weighted by Crippen LogP contribution is 2.67. The minimum Gasteiger partial charge on any atom is -0.389 e. The lowest BCUT2D eigenvalue weighted by Gasteiger charge is -2.58. The Morgan fingerprint density at radius 3 is 2.45 bits per heavy atom. The Morgan fingerprint density at radius 1 is 0.939 bits per heavy atom. The zero-order valence-corrected chi connectivity index (χ0v) is 34.2. The molecule has 5 aliphatic carbocycles. The summed E-state index contributed by atoms with van der Waals surface area (Å²) < 4.78 is 0. The van der Waals surface area contributed by atoms with Crippen LogP contribution in [0.15, 0.2) is 23.9 Å². The van der Waals surface area contributed by atoms with Gasteiger partial charge in [-0.2, -0.15) is 0 Å². The van der Waals surface area contributed by atoms with Crippen molar-refractivity contribution in [3.8, 4) is 0 Å². The summed E-state index contributed by atoms with van der Waals surface area (Å²) in [5, 5.41) is 3.76. The Kier molecular flexibility index (Phi) is 13.6. The van der Waals surface area contributed by atoms with E-state index in [2.05, 4.69) is 73.4 Å². The highest BCUT2D eigenvalue weighted by atomic mass is 14.9. The van der Waals surface area contributed by atoms with Gasteiger partial charge in [-0.25, -0.2) is 0 Å². The van der Waals surface area contributed by atoms with Gasteiger partial charge >= 0.3 is 0 Å². The van der Waals surface area contributed by atoms with Crippen molar-refractivity contribution in [2.75, 3.05) is 6.54 Å². The smallest absolute Gasteiger partial charge is 0.0157 e. The number of nitrogens with one attached hydrogen (secondary N) is 1. The second-order valence-electron chi connectivity index (χ2n) is 20.5. The molecule has 4 saturated carbocycles. The van der Waals surface area contributed by atoms with Crippen LogP contribution in [0.3, 0.4) is 0 Å². The Bertz CT molecular complexity index is 1090. The van der Waals surface area contributed by atoms with Gasteiger partial charge in [-0.05, 0) is 160 Å². The van der Waals surface area contributed by atoms with Crippen molar-refractivity contribution in [3.05, 3.63) is 23.9 Å². The first-order valence-electron chi connectivity index (χ1n) is 22.2. The van der Waals surface area contributed by atoms with Crippen LogP contribution in [0.1, 0.15) is 190 Å². The number of nitrogens with two attached hydrogens (primary N) is 1. The van der Waals surface area contributed by atoms with Gasteiger partial charge in [0, 0.05) is 17.8 Å². The summed E-state index contributed by atoms with van der Waals surface area (Å²) in [6, 6.07) is 0. The third-order valence-electron chi connectivity index (χ3n) is 16.7. The van der Waals surface area contributed by atoms with Gasteiger partial charge in [-0.1, -0.05) is 118 Å². The van der Waals surface area contributed by atoms with Gasteiger partial charge in [0.25, 0.3) is 0 Å². The SMILES string of the molecule is C=C(CC1CCC2(C)C(=CCC3C2CCC2(C)C(C(C)CCCC(C)C)CCC32)C1)NCCCCCCCC1CC(CC)C(C)CC1(C)N. The van der Waals surface area contributed by atoms with Crippen molar-refractivity contribution in [3.63, 3.8) is 0 Å². The molecule has 3 N–H and O–H groups in total. The van der Waals surface area contributed by atoms with Crippen LogP contribution >= 0.6 is 0 Å². The van der Waals surface area contributed by atoms with Gasteiger partial charge in [-0.3, -0.25) is 0 Å². The van der Waals surface area contributed by atoms with E-state index in [1.807, 2.05) is 5.57 Å². The molecule has 2 heteroatoms. The molecule has 12 unspecified atom stereocenters. The first kappa shape index (κ1) is 39.4. The maximum Gasteiger partial charge on any atom is 0.0157 e. The van der Waals surface area contributed by atoms with Crippen LogP contribution in [0.5, 0.6) is 0 Å². The summed E-state index contributed by atoms with van der Waals surface area (Å²) in [6.45, 7) is 25.6. The number of hydrogen-bond acceptors (Lipinski definition) is 2. The normalized spacial score (nSPS) is 41.1. The molecule has 0 heterocycles. The lowest BCUT2D eigenvalue weighted by Crippen LogP contribution is -2.50. The molecule has 49 heavy (non-hydrogen) atoms. The molecule has 0 aromatic rings. The second-order valence-corrected chi connectivity index (χ2v) is 20.5. The van der Waals surface area contributed by atoms with Crippen molar-refractivity contribution in [2.24, 2.45) is 75.7 Å². The lowest BCUT2D eigenvalue weighted by atomic mass is 9.46. The number of fused-ring (bicyclic) bond motifs is 5. The zero-order chi connectivity index (χ0) is 35.4. The second kappa shape index (κ2) is 16.9. The number of unbranched alkanes of at least 4 members (excludes halogenated alkanes) is 4. The van der Waals surface area contributed by atoms with E-state index in [1.54, 1.807) is 0 Å². The van der Waals surface area contributed by atoms with Crippen molar-refractivity contribution < 1.29 is 0 Å². The quantitative estimate of drug-likeness (QED) is 0.119. The average molecular weight is 677 g/mol. The largest absolute Gasteiger partial charge is 0.389 e. The molecule has 12 atom stereocenters. The van der Waals surface area contributed by atoms with E-state index >= 15 is 0 Å². The molecular weight excluding hydrogens is 593 g/mol. The minimum absolute atomic E-state index is 0.0466. The molecule has 0 spiro atoms. The van der Waals surface area contributed by atoms with Crippen molar-refractivity contribution in [1.29, 1.82) is 0 Å². The van der Waals surface area contributed by atoms with Gasteiger partial charge < -0.3 is 11.1 Å². The van der Waals surface area contributed by atoms with Gasteiger partial charge in [-0.15, -0.1) is 0 Å². The topological polar surface area (TPSA) is 38.0 Å². The molecule has 4 fully saturated rings. The predicted molar refractivity (Wildman–Crippen MR) is 214 cm³/mol. The number of allylic oxidation sites excluding steroid dienone is 3. The Balaban J connectivity index is 0.999. The maximum atomic E-state index is 6.80. The van der Waals surface area contributed by atoms with Crippen LogP contribution in [-0.4, -0.2) is 12.1 Å². The van der Waals surface area contributed by atoms with E-state index in [0.717, 1.165) is 65.7 Å². The van der Waals surface area contributed by atoms with E-state index in [9.17, 15) is 0 Å². The lowest BCUT2D eigenvalue weighted by molar-refractivity contribution is -0.0527. The fraction of sp³-hybridized carbons (Fsp3) is 0.915. The molecule has 0 bridgehead atoms. The molecule has 0 saturated heterocycles. The van der Waals surface area contributed by atoms with E-state index in [-0.39, 0.29) is 5.54 Å². The first-order chi connectivity index (χ1) is 23.3. The van der Waals surface area contributed by atoms with Crippen LogP contribution < -0.4 is 11.1 Å². The summed E-state index contributed by atoms with van der Waals surface area (Å²) in [6.07, 6.45) is 31.7. The van der Waals surface area contributed by atoms with Crippen LogP contribution in [0.4, 0.5) is 0 Å². The fourth-order valence-electron chi connectivity index (χ4n) is 13.6. The van der Waals surface area contributed by atoms with Crippen LogP contribution in [0, 0.1) is 70.0 Å². The van der Waals surface area contributed by atoms with E-state index in [4.69, 9.17) is 5.73 Å². The molecule has 2 nitrogen and oxygen atoms in total. The molecule has 0 radical (unpaired) electrons. The van der Waals surface area contributed by atoms with Gasteiger partial charge in [0.15, 0.2) is 0 Å². The molecule has 0 aromatic heterocycles. The Morgan fingerprint density at radius 2 is 1.69 bits per heavy atom. The summed E-state index contributed by atoms with van der Waals surface area (Å²) in [4.78, 5) is 0. The molecule has 5 aliphatic rings. The molecule has 0 amide bonds. The highest BCUT2D eigenvalue weighted by molar-refractivity contribution is 5.25. The highest BCUT2D eigenvalue weighted by Gasteiger charge is 2.59. The minimum atomic E-state index is 0.0466. The molecule has 282 valence electrons. The summed E-state index contributed by atoms with van der Waals surface area (Å²) in [5.41, 5.74) is 11.1. The summed E-state index contributed by atoms with van der Waals surface area (Å²) >= 11 is 0. The first-order valence-corrected chi connectivity index (χ1v) is 22.2. The molecule has 5 rings (SSSR count). The average Bonchev–Trinajstić information content (AvgIpc) is 3.40. The van der Waals surface area contributed by atoms with Crippen LogP contribution in [-0.2, 0) is 0 Å². The Labute approximate surface area is 306 Å². The molecule has 0 aliphatic heterocycles. The van der Waals surface area contributed by atoms with Crippen molar-refractivity contribution in [1.82, 2.24) is 5.32 Å².